The molecule has 3 aromatic carbocycles. The molecule has 0 saturated carbocycles. The van der Waals surface area contributed by atoms with Crippen LogP contribution in [0.5, 0.6) is 5.75 Å². The van der Waals surface area contributed by atoms with Gasteiger partial charge < -0.3 is 14.4 Å². The smallest absolute Gasteiger partial charge is 0.180 e. The quantitative estimate of drug-likeness (QED) is 0.164. The molecule has 1 aliphatic rings. The van der Waals surface area contributed by atoms with E-state index in [0.29, 0.717) is 11.4 Å². The summed E-state index contributed by atoms with van der Waals surface area (Å²) in [5, 5.41) is 17.5. The first kappa shape index (κ1) is 23.8. The molecule has 8 heteroatoms. The van der Waals surface area contributed by atoms with E-state index in [2.05, 4.69) is 43.2 Å². The fourth-order valence-corrected chi connectivity index (χ4v) is 3.49. The van der Waals surface area contributed by atoms with Crippen molar-refractivity contribution in [3.05, 3.63) is 83.8 Å². The molecule has 0 bridgehead atoms. The minimum absolute atomic E-state index is 0.559. The lowest BCUT2D eigenvalue weighted by atomic mass is 10.1. The molecule has 0 atom stereocenters. The zero-order chi connectivity index (χ0) is 24.5. The Labute approximate surface area is 203 Å². The Morgan fingerprint density at radius 3 is 1.91 bits per heavy atom. The Kier molecular flexibility index (Phi) is 7.94. The maximum absolute atomic E-state index is 10.1. The number of azo groups is 2. The maximum Gasteiger partial charge on any atom is 0.180 e. The van der Waals surface area contributed by atoms with Gasteiger partial charge in [-0.05, 0) is 85.6 Å². The lowest BCUT2D eigenvalue weighted by Crippen LogP contribution is -2.36. The molecule has 0 aromatic heterocycles. The van der Waals surface area contributed by atoms with Crippen LogP contribution < -0.4 is 9.64 Å². The van der Waals surface area contributed by atoms with Crippen molar-refractivity contribution in [1.82, 2.24) is 0 Å². The SMILES string of the molecule is Cc1cc(/N=N/c2ccc(N3CCOCC3)cc2)c(C)cc1/N=N/c1ccc(OC=C=C=O)cc1. The lowest BCUT2D eigenvalue weighted by molar-refractivity contribution is 0.122. The maximum atomic E-state index is 10.1. The molecule has 1 saturated heterocycles. The number of aryl methyl sites for hydroxylation is 2. The fourth-order valence-electron chi connectivity index (χ4n) is 3.49. The second kappa shape index (κ2) is 11.7. The van der Waals surface area contributed by atoms with Crippen molar-refractivity contribution in [2.75, 3.05) is 31.2 Å². The van der Waals surface area contributed by atoms with Crippen LogP contribution >= 0.6 is 0 Å². The summed E-state index contributed by atoms with van der Waals surface area (Å²) in [7, 11) is 0. The minimum atomic E-state index is 0.559. The van der Waals surface area contributed by atoms with Gasteiger partial charge in [0.2, 0.25) is 0 Å². The van der Waals surface area contributed by atoms with Crippen LogP contribution in [0.25, 0.3) is 0 Å². The number of morpholine rings is 1. The second-order valence-electron chi connectivity index (χ2n) is 7.92. The third kappa shape index (κ3) is 6.59. The van der Waals surface area contributed by atoms with Crippen LogP contribution in [0.15, 0.2) is 93.1 Å². The van der Waals surface area contributed by atoms with Crippen LogP contribution in [-0.2, 0) is 9.53 Å². The van der Waals surface area contributed by atoms with Gasteiger partial charge in [0.25, 0.3) is 0 Å². The lowest BCUT2D eigenvalue weighted by Gasteiger charge is -2.28. The number of hydrogen-bond acceptors (Lipinski definition) is 8. The highest BCUT2D eigenvalue weighted by Gasteiger charge is 2.10. The number of anilines is 1. The summed E-state index contributed by atoms with van der Waals surface area (Å²) in [6, 6.07) is 19.0. The van der Waals surface area contributed by atoms with E-state index >= 15 is 0 Å². The van der Waals surface area contributed by atoms with Crippen LogP contribution in [0.4, 0.5) is 28.4 Å². The zero-order valence-corrected chi connectivity index (χ0v) is 19.6. The predicted octanol–water partition coefficient (Wildman–Crippen LogP) is 6.85. The Hall–Kier alpha value is -4.35. The van der Waals surface area contributed by atoms with Crippen molar-refractivity contribution >= 4 is 34.4 Å². The highest BCUT2D eigenvalue weighted by atomic mass is 16.5. The molecule has 0 radical (unpaired) electrons. The molecular weight excluding hydrogens is 442 g/mol. The summed E-state index contributed by atoms with van der Waals surface area (Å²) in [6.07, 6.45) is 1.15. The molecule has 0 spiro atoms. The van der Waals surface area contributed by atoms with Gasteiger partial charge in [-0.3, -0.25) is 0 Å². The standard InChI is InChI=1S/C27H25N5O3/c1-20-19-27(31-29-23-6-10-25(11-7-23)35-15-3-14-33)21(2)18-26(20)30-28-22-4-8-24(9-5-22)32-12-16-34-17-13-32/h4-11,15,18-19H,12-13,16-17H2,1-2H3/b30-28+,31-29+. The largest absolute Gasteiger partial charge is 0.456 e. The van der Waals surface area contributed by atoms with E-state index in [-0.39, 0.29) is 0 Å². The van der Waals surface area contributed by atoms with E-state index < -0.39 is 0 Å². The van der Waals surface area contributed by atoms with Gasteiger partial charge in [-0.15, -0.1) is 0 Å². The number of hydrogen-bond donors (Lipinski definition) is 0. The van der Waals surface area contributed by atoms with E-state index in [4.69, 9.17) is 9.47 Å². The van der Waals surface area contributed by atoms with Gasteiger partial charge in [-0.2, -0.15) is 20.5 Å². The average molecular weight is 468 g/mol. The summed E-state index contributed by atoms with van der Waals surface area (Å²) in [4.78, 5) is 12.4. The van der Waals surface area contributed by atoms with Gasteiger partial charge in [-0.25, -0.2) is 4.79 Å². The number of rotatable bonds is 7. The summed E-state index contributed by atoms with van der Waals surface area (Å²) in [5.41, 5.74) is 8.29. The van der Waals surface area contributed by atoms with E-state index in [1.165, 1.54) is 11.6 Å². The van der Waals surface area contributed by atoms with Crippen LogP contribution in [0.1, 0.15) is 11.1 Å². The van der Waals surface area contributed by atoms with Crippen molar-refractivity contribution in [2.45, 2.75) is 13.8 Å². The molecule has 0 N–H and O–H groups in total. The van der Waals surface area contributed by atoms with Crippen LogP contribution in [0, 0.1) is 13.8 Å². The summed E-state index contributed by atoms with van der Waals surface area (Å²) >= 11 is 0. The molecule has 1 aliphatic heterocycles. The topological polar surface area (TPSA) is 88.2 Å². The molecule has 176 valence electrons. The third-order valence-electron chi connectivity index (χ3n) is 5.44. The van der Waals surface area contributed by atoms with Crippen molar-refractivity contribution < 1.29 is 14.3 Å². The first-order valence-electron chi connectivity index (χ1n) is 11.2. The Balaban J connectivity index is 1.42. The van der Waals surface area contributed by atoms with E-state index in [1.54, 1.807) is 24.3 Å². The Morgan fingerprint density at radius 2 is 1.37 bits per heavy atom. The number of carbonyl (C=O) groups excluding carboxylic acids is 1. The van der Waals surface area contributed by atoms with E-state index in [1.807, 2.05) is 38.1 Å². The number of benzene rings is 3. The normalized spacial score (nSPS) is 13.6. The van der Waals surface area contributed by atoms with E-state index in [9.17, 15) is 4.79 Å². The predicted molar refractivity (Wildman–Crippen MR) is 135 cm³/mol. The molecule has 0 aliphatic carbocycles. The molecule has 1 fully saturated rings. The van der Waals surface area contributed by atoms with Gasteiger partial charge in [0.1, 0.15) is 12.0 Å². The highest BCUT2D eigenvalue weighted by Crippen LogP contribution is 2.31. The van der Waals surface area contributed by atoms with Gasteiger partial charge in [-0.1, -0.05) is 0 Å². The Morgan fingerprint density at radius 1 is 0.829 bits per heavy atom. The fraction of sp³-hybridized carbons (Fsp3) is 0.222. The van der Waals surface area contributed by atoms with Crippen LogP contribution in [0.3, 0.4) is 0 Å². The molecule has 1 heterocycles. The molecule has 0 unspecified atom stereocenters. The van der Waals surface area contributed by atoms with Crippen molar-refractivity contribution in [3.63, 3.8) is 0 Å². The zero-order valence-electron chi connectivity index (χ0n) is 19.6. The second-order valence-corrected chi connectivity index (χ2v) is 7.92. The van der Waals surface area contributed by atoms with Gasteiger partial charge in [0.05, 0.1) is 36.0 Å². The molecule has 0 amide bonds. The number of ether oxygens (including phenoxy) is 2. The van der Waals surface area contributed by atoms with Crippen LogP contribution in [0.2, 0.25) is 0 Å². The molecule has 8 nitrogen and oxygen atoms in total. The van der Waals surface area contributed by atoms with Gasteiger partial charge in [0, 0.05) is 24.5 Å². The number of nitrogens with zero attached hydrogens (tertiary/aromatic N) is 5. The first-order chi connectivity index (χ1) is 17.1. The summed E-state index contributed by atoms with van der Waals surface area (Å²) < 4.78 is 10.6. The highest BCUT2D eigenvalue weighted by molar-refractivity contribution is 5.59. The molecule has 35 heavy (non-hydrogen) atoms. The Bertz CT molecular complexity index is 1300. The van der Waals surface area contributed by atoms with Gasteiger partial charge >= 0.3 is 0 Å². The van der Waals surface area contributed by atoms with Crippen molar-refractivity contribution in [3.8, 4) is 5.75 Å². The van der Waals surface area contributed by atoms with Crippen molar-refractivity contribution in [2.24, 2.45) is 20.5 Å². The van der Waals surface area contributed by atoms with Crippen LogP contribution in [-0.4, -0.2) is 32.2 Å². The molecular formula is C27H25N5O3. The first-order valence-corrected chi connectivity index (χ1v) is 11.2. The van der Waals surface area contributed by atoms with E-state index in [0.717, 1.165) is 60.8 Å². The van der Waals surface area contributed by atoms with Crippen molar-refractivity contribution in [1.29, 1.82) is 0 Å². The molecule has 4 rings (SSSR count). The summed E-state index contributed by atoms with van der Waals surface area (Å²) in [5.74, 6) is 2.06. The third-order valence-corrected chi connectivity index (χ3v) is 5.44. The van der Waals surface area contributed by atoms with Gasteiger partial charge in [0.15, 0.2) is 5.94 Å². The average Bonchev–Trinajstić information content (AvgIpc) is 2.90. The summed E-state index contributed by atoms with van der Waals surface area (Å²) in [6.45, 7) is 7.27. The molecule has 3 aromatic rings. The monoisotopic (exact) mass is 467 g/mol. The minimum Gasteiger partial charge on any atom is -0.456 e.